The van der Waals surface area contributed by atoms with E-state index in [-0.39, 0.29) is 12.5 Å². The maximum atomic E-state index is 12.2. The van der Waals surface area contributed by atoms with Gasteiger partial charge in [0.25, 0.3) is 0 Å². The van der Waals surface area contributed by atoms with Crippen molar-refractivity contribution >= 4 is 23.1 Å². The van der Waals surface area contributed by atoms with Crippen molar-refractivity contribution in [3.63, 3.8) is 0 Å². The summed E-state index contributed by atoms with van der Waals surface area (Å²) in [5, 5.41) is 11.4. The van der Waals surface area contributed by atoms with Gasteiger partial charge in [-0.15, -0.1) is 0 Å². The second-order valence-electron chi connectivity index (χ2n) is 11.6. The van der Waals surface area contributed by atoms with Gasteiger partial charge in [-0.1, -0.05) is 41.9 Å². The van der Waals surface area contributed by atoms with Gasteiger partial charge in [-0.2, -0.15) is 0 Å². The lowest BCUT2D eigenvalue weighted by Crippen LogP contribution is -2.46. The normalized spacial score (nSPS) is 17.0. The van der Waals surface area contributed by atoms with E-state index >= 15 is 0 Å². The Kier molecular flexibility index (Phi) is 9.63. The zero-order valence-corrected chi connectivity index (χ0v) is 25.4. The fraction of sp³-hybridized carbons (Fsp3) is 0.412. The largest absolute Gasteiger partial charge is 0.487 e. The monoisotopic (exact) mass is 589 g/mol. The van der Waals surface area contributed by atoms with Gasteiger partial charge in [0.05, 0.1) is 24.9 Å². The molecule has 5 rings (SSSR count). The molecule has 0 radical (unpaired) electrons. The number of fused-ring (bicyclic) bond motifs is 2. The number of hydrogen-bond donors (Lipinski definition) is 1. The first-order valence-corrected chi connectivity index (χ1v) is 15.0. The van der Waals surface area contributed by atoms with E-state index in [9.17, 15) is 9.90 Å². The Hall–Kier alpha value is -3.23. The summed E-state index contributed by atoms with van der Waals surface area (Å²) in [5.41, 5.74) is 5.09. The number of esters is 1. The molecule has 0 saturated carbocycles. The summed E-state index contributed by atoms with van der Waals surface area (Å²) >= 11 is 6.08. The SMILES string of the molecule is COC(=O)CN(Cc1ccc(Cl)cc1)C1CCN(CC/C=C2\c3cc(C(C)(C)O)ccc3OCc3ncccc32)CC1. The average Bonchev–Trinajstić information content (AvgIpc) is 3.14. The summed E-state index contributed by atoms with van der Waals surface area (Å²) < 4.78 is 11.1. The topological polar surface area (TPSA) is 75.1 Å². The highest BCUT2D eigenvalue weighted by atomic mass is 35.5. The van der Waals surface area contributed by atoms with E-state index in [1.165, 1.54) is 7.11 Å². The number of pyridine rings is 1. The third-order valence-electron chi connectivity index (χ3n) is 8.25. The fourth-order valence-electron chi connectivity index (χ4n) is 5.82. The van der Waals surface area contributed by atoms with Crippen LogP contribution in [0.15, 0.2) is 66.9 Å². The lowest BCUT2D eigenvalue weighted by atomic mass is 9.90. The van der Waals surface area contributed by atoms with Crippen molar-refractivity contribution in [2.24, 2.45) is 0 Å². The smallest absolute Gasteiger partial charge is 0.319 e. The standard InChI is InChI=1S/C34H40ClN3O4/c1-34(2,40)25-10-13-32-30(20-25)28(29-6-4-16-36-31(29)23-42-32)7-5-17-37-18-14-27(15-19-37)38(22-33(39)41-3)21-24-8-11-26(35)12-9-24/h4,6-13,16,20,27,40H,5,14-15,17-19,21-23H2,1-3H3/b28-7-. The number of hydrogen-bond acceptors (Lipinski definition) is 7. The van der Waals surface area contributed by atoms with Crippen LogP contribution in [0.25, 0.3) is 5.57 Å². The lowest BCUT2D eigenvalue weighted by Gasteiger charge is -2.38. The van der Waals surface area contributed by atoms with Crippen LogP contribution in [0.1, 0.15) is 61.1 Å². The lowest BCUT2D eigenvalue weighted by molar-refractivity contribution is -0.143. The van der Waals surface area contributed by atoms with Gasteiger partial charge in [0.15, 0.2) is 0 Å². The summed E-state index contributed by atoms with van der Waals surface area (Å²) in [7, 11) is 1.44. The number of aromatic nitrogens is 1. The molecule has 0 amide bonds. The molecule has 0 atom stereocenters. The molecule has 7 nitrogen and oxygen atoms in total. The van der Waals surface area contributed by atoms with E-state index in [1.807, 2.05) is 48.5 Å². The minimum Gasteiger partial charge on any atom is -0.487 e. The maximum absolute atomic E-state index is 12.2. The van der Waals surface area contributed by atoms with Crippen LogP contribution in [0, 0.1) is 0 Å². The third kappa shape index (κ3) is 7.39. The molecule has 1 fully saturated rings. The van der Waals surface area contributed by atoms with Crippen molar-refractivity contribution in [3.05, 3.63) is 99.8 Å². The maximum Gasteiger partial charge on any atom is 0.319 e. The van der Waals surface area contributed by atoms with Gasteiger partial charge in [0.1, 0.15) is 12.4 Å². The average molecular weight is 590 g/mol. The van der Waals surface area contributed by atoms with Gasteiger partial charge in [0.2, 0.25) is 0 Å². The molecule has 1 N–H and O–H groups in total. The molecule has 0 bridgehead atoms. The second kappa shape index (κ2) is 13.4. The molecule has 3 aromatic rings. The molecule has 1 aromatic heterocycles. The van der Waals surface area contributed by atoms with Gasteiger partial charge in [0, 0.05) is 41.5 Å². The molecule has 0 spiro atoms. The summed E-state index contributed by atoms with van der Waals surface area (Å²) in [4.78, 5) is 21.5. The number of aliphatic hydroxyl groups is 1. The number of halogens is 1. The summed E-state index contributed by atoms with van der Waals surface area (Å²) in [6.45, 7) is 7.84. The Labute approximate surface area is 253 Å². The first-order chi connectivity index (χ1) is 20.2. The van der Waals surface area contributed by atoms with Gasteiger partial charge < -0.3 is 19.5 Å². The minimum absolute atomic E-state index is 0.215. The van der Waals surface area contributed by atoms with E-state index in [1.54, 1.807) is 20.0 Å². The minimum atomic E-state index is -0.955. The summed E-state index contributed by atoms with van der Waals surface area (Å²) in [6, 6.07) is 18.1. The molecule has 1 saturated heterocycles. The van der Waals surface area contributed by atoms with Crippen LogP contribution in [0.5, 0.6) is 5.75 Å². The summed E-state index contributed by atoms with van der Waals surface area (Å²) in [5.74, 6) is 0.590. The van der Waals surface area contributed by atoms with E-state index in [0.29, 0.717) is 24.2 Å². The molecule has 42 heavy (non-hydrogen) atoms. The van der Waals surface area contributed by atoms with Crippen LogP contribution in [-0.2, 0) is 28.3 Å². The van der Waals surface area contributed by atoms with Gasteiger partial charge >= 0.3 is 5.97 Å². The highest BCUT2D eigenvalue weighted by Crippen LogP contribution is 2.38. The van der Waals surface area contributed by atoms with Gasteiger partial charge in [-0.3, -0.25) is 14.7 Å². The Morgan fingerprint density at radius 3 is 2.64 bits per heavy atom. The van der Waals surface area contributed by atoms with Crippen LogP contribution in [0.2, 0.25) is 5.02 Å². The molecule has 2 aromatic carbocycles. The van der Waals surface area contributed by atoms with E-state index in [2.05, 4.69) is 26.9 Å². The zero-order chi connectivity index (χ0) is 29.7. The van der Waals surface area contributed by atoms with Crippen molar-refractivity contribution in [3.8, 4) is 5.75 Å². The molecular formula is C34H40ClN3O4. The van der Waals surface area contributed by atoms with Crippen LogP contribution in [0.3, 0.4) is 0 Å². The number of carbonyl (C=O) groups is 1. The number of methoxy groups -OCH3 is 1. The molecule has 0 unspecified atom stereocenters. The Morgan fingerprint density at radius 2 is 1.93 bits per heavy atom. The number of likely N-dealkylation sites (tertiary alicyclic amines) is 1. The highest BCUT2D eigenvalue weighted by Gasteiger charge is 2.27. The molecule has 2 aliphatic heterocycles. The first-order valence-electron chi connectivity index (χ1n) is 14.6. The molecule has 8 heteroatoms. The van der Waals surface area contributed by atoms with Crippen LogP contribution >= 0.6 is 11.6 Å². The van der Waals surface area contributed by atoms with Gasteiger partial charge in [-0.05, 0) is 93.2 Å². The molecule has 2 aliphatic rings. The quantitative estimate of drug-likeness (QED) is 0.315. The number of benzene rings is 2. The predicted molar refractivity (Wildman–Crippen MR) is 165 cm³/mol. The van der Waals surface area contributed by atoms with Crippen molar-refractivity contribution in [2.75, 3.05) is 33.3 Å². The number of ether oxygens (including phenoxy) is 2. The molecule has 3 heterocycles. The predicted octanol–water partition coefficient (Wildman–Crippen LogP) is 5.82. The number of nitrogens with zero attached hydrogens (tertiary/aromatic N) is 3. The Morgan fingerprint density at radius 1 is 1.17 bits per heavy atom. The number of rotatable bonds is 9. The molecule has 0 aliphatic carbocycles. The van der Waals surface area contributed by atoms with Crippen LogP contribution < -0.4 is 4.74 Å². The highest BCUT2D eigenvalue weighted by molar-refractivity contribution is 6.30. The van der Waals surface area contributed by atoms with Crippen molar-refractivity contribution in [2.45, 2.75) is 57.9 Å². The van der Waals surface area contributed by atoms with E-state index in [4.69, 9.17) is 21.1 Å². The van der Waals surface area contributed by atoms with Crippen LogP contribution in [-0.4, -0.2) is 65.2 Å². The third-order valence-corrected chi connectivity index (χ3v) is 8.50. The molecule has 222 valence electrons. The van der Waals surface area contributed by atoms with E-state index in [0.717, 1.165) is 78.2 Å². The number of carbonyl (C=O) groups excluding carboxylic acids is 1. The summed E-state index contributed by atoms with van der Waals surface area (Å²) in [6.07, 6.45) is 6.94. The first kappa shape index (κ1) is 30.2. The van der Waals surface area contributed by atoms with Gasteiger partial charge in [-0.25, -0.2) is 0 Å². The Bertz CT molecular complexity index is 1410. The van der Waals surface area contributed by atoms with E-state index < -0.39 is 5.60 Å². The number of piperidine rings is 1. The van der Waals surface area contributed by atoms with Crippen molar-refractivity contribution < 1.29 is 19.4 Å². The second-order valence-corrected chi connectivity index (χ2v) is 12.1. The fourth-order valence-corrected chi connectivity index (χ4v) is 5.95. The van der Waals surface area contributed by atoms with Crippen molar-refractivity contribution in [1.29, 1.82) is 0 Å². The zero-order valence-electron chi connectivity index (χ0n) is 24.7. The van der Waals surface area contributed by atoms with Crippen LogP contribution in [0.4, 0.5) is 0 Å². The van der Waals surface area contributed by atoms with Crippen molar-refractivity contribution in [1.82, 2.24) is 14.8 Å². The molecular weight excluding hydrogens is 550 g/mol. The Balaban J connectivity index is 1.27.